The molecule has 3 aromatic rings. The molecule has 2 aromatic heterocycles. The van der Waals surface area contributed by atoms with Crippen LogP contribution in [0.5, 0.6) is 5.75 Å². The average Bonchev–Trinajstić information content (AvgIpc) is 3.04. The van der Waals surface area contributed by atoms with Gasteiger partial charge in [-0.1, -0.05) is 23.2 Å². The van der Waals surface area contributed by atoms with Crippen molar-refractivity contribution in [2.75, 3.05) is 13.7 Å². The summed E-state index contributed by atoms with van der Waals surface area (Å²) in [5.74, 6) is -0.262. The summed E-state index contributed by atoms with van der Waals surface area (Å²) >= 11 is 12.6. The number of aliphatic hydroxyl groups is 3. The van der Waals surface area contributed by atoms with Gasteiger partial charge in [0.05, 0.1) is 17.0 Å². The minimum Gasteiger partial charge on any atom is -0.507 e. The number of hydrogen-bond donors (Lipinski definition) is 4. The quantitative estimate of drug-likeness (QED) is 0.464. The van der Waals surface area contributed by atoms with Gasteiger partial charge in [0, 0.05) is 7.11 Å². The number of aryl methyl sites for hydroxylation is 1. The molecule has 9 nitrogen and oxygen atoms in total. The minimum absolute atomic E-state index is 0.0177. The summed E-state index contributed by atoms with van der Waals surface area (Å²) in [6.45, 7) is 1.10. The number of aromatic nitrogens is 1. The number of aromatic hydroxyl groups is 1. The van der Waals surface area contributed by atoms with E-state index in [4.69, 9.17) is 37.1 Å². The minimum atomic E-state index is -1.52. The van der Waals surface area contributed by atoms with E-state index in [1.165, 1.54) is 23.8 Å². The predicted octanol–water partition coefficient (Wildman–Crippen LogP) is 1.70. The van der Waals surface area contributed by atoms with Crippen molar-refractivity contribution in [2.45, 2.75) is 37.6 Å². The number of aliphatic hydroxyl groups excluding tert-OH is 3. The van der Waals surface area contributed by atoms with Crippen LogP contribution < -0.4 is 5.43 Å². The number of halogens is 2. The fourth-order valence-corrected chi connectivity index (χ4v) is 4.42. The summed E-state index contributed by atoms with van der Waals surface area (Å²) < 4.78 is 17.9. The molecule has 0 radical (unpaired) electrons. The highest BCUT2D eigenvalue weighted by atomic mass is 35.5. The van der Waals surface area contributed by atoms with Gasteiger partial charge in [0.1, 0.15) is 40.7 Å². The number of methoxy groups -OCH3 is 1. The first-order valence-electron chi connectivity index (χ1n) is 9.01. The molecule has 1 saturated heterocycles. The molecule has 0 saturated carbocycles. The SMILES string of the molecule is CO[C@H]1[C@H](O)[C@@H](O)[C@@H](n2c(Cl)cc3c(=O)c4c(O)c(C)cc(Cl)c4oc32)O[C@@H]1CO. The fourth-order valence-electron chi connectivity index (χ4n) is 3.84. The van der Waals surface area contributed by atoms with Gasteiger partial charge in [0.2, 0.25) is 11.1 Å². The summed E-state index contributed by atoms with van der Waals surface area (Å²) in [7, 11) is 1.31. The first-order chi connectivity index (χ1) is 14.2. The molecule has 0 aliphatic carbocycles. The van der Waals surface area contributed by atoms with Crippen LogP contribution in [0.15, 0.2) is 21.3 Å². The predicted molar refractivity (Wildman–Crippen MR) is 108 cm³/mol. The van der Waals surface area contributed by atoms with Gasteiger partial charge in [-0.15, -0.1) is 0 Å². The second-order valence-corrected chi connectivity index (χ2v) is 7.94. The van der Waals surface area contributed by atoms with Gasteiger partial charge in [-0.05, 0) is 24.6 Å². The molecule has 0 spiro atoms. The third-order valence-electron chi connectivity index (χ3n) is 5.38. The Balaban J connectivity index is 1.98. The Morgan fingerprint density at radius 3 is 2.57 bits per heavy atom. The largest absolute Gasteiger partial charge is 0.507 e. The second kappa shape index (κ2) is 7.69. The number of phenolic OH excluding ortho intramolecular Hbond substituents is 1. The van der Waals surface area contributed by atoms with Crippen molar-refractivity contribution >= 4 is 45.3 Å². The highest BCUT2D eigenvalue weighted by Crippen LogP contribution is 2.39. The van der Waals surface area contributed by atoms with E-state index in [-0.39, 0.29) is 38.0 Å². The first kappa shape index (κ1) is 21.4. The van der Waals surface area contributed by atoms with Crippen molar-refractivity contribution < 1.29 is 34.3 Å². The van der Waals surface area contributed by atoms with E-state index in [0.29, 0.717) is 5.56 Å². The van der Waals surface area contributed by atoms with E-state index in [1.54, 1.807) is 6.92 Å². The molecule has 0 bridgehead atoms. The van der Waals surface area contributed by atoms with Crippen LogP contribution in [-0.2, 0) is 9.47 Å². The maximum Gasteiger partial charge on any atom is 0.214 e. The fraction of sp³-hybridized carbons (Fsp3) is 0.421. The number of ether oxygens (including phenoxy) is 2. The lowest BCUT2D eigenvalue weighted by Gasteiger charge is -2.42. The van der Waals surface area contributed by atoms with Crippen LogP contribution in [0.2, 0.25) is 10.2 Å². The van der Waals surface area contributed by atoms with Gasteiger partial charge < -0.3 is 34.3 Å². The van der Waals surface area contributed by atoms with Crippen LogP contribution in [0.25, 0.3) is 22.1 Å². The summed E-state index contributed by atoms with van der Waals surface area (Å²) in [5, 5.41) is 41.0. The molecule has 11 heteroatoms. The van der Waals surface area contributed by atoms with Gasteiger partial charge in [-0.25, -0.2) is 0 Å². The zero-order valence-corrected chi connectivity index (χ0v) is 17.4. The Hall–Kier alpha value is -1.85. The Morgan fingerprint density at radius 1 is 1.23 bits per heavy atom. The Kier molecular flexibility index (Phi) is 5.48. The van der Waals surface area contributed by atoms with E-state index < -0.39 is 42.7 Å². The molecule has 1 aliphatic rings. The second-order valence-electron chi connectivity index (χ2n) is 7.14. The molecular weight excluding hydrogens is 441 g/mol. The van der Waals surface area contributed by atoms with Crippen molar-refractivity contribution in [3.63, 3.8) is 0 Å². The maximum absolute atomic E-state index is 13.1. The summed E-state index contributed by atoms with van der Waals surface area (Å²) in [4.78, 5) is 13.1. The molecule has 4 rings (SSSR count). The van der Waals surface area contributed by atoms with Crippen molar-refractivity contribution in [3.8, 4) is 5.75 Å². The highest BCUT2D eigenvalue weighted by Gasteiger charge is 2.46. The monoisotopic (exact) mass is 459 g/mol. The zero-order valence-electron chi connectivity index (χ0n) is 15.9. The number of fused-ring (bicyclic) bond motifs is 2. The molecule has 0 amide bonds. The zero-order chi connectivity index (χ0) is 21.9. The number of rotatable bonds is 3. The van der Waals surface area contributed by atoms with Crippen LogP contribution in [0, 0.1) is 6.92 Å². The van der Waals surface area contributed by atoms with Gasteiger partial charge in [-0.2, -0.15) is 0 Å². The van der Waals surface area contributed by atoms with Crippen molar-refractivity contribution in [3.05, 3.63) is 38.1 Å². The van der Waals surface area contributed by atoms with Gasteiger partial charge in [-0.3, -0.25) is 9.36 Å². The first-order valence-corrected chi connectivity index (χ1v) is 9.77. The Labute approximate surface area is 179 Å². The van der Waals surface area contributed by atoms with E-state index >= 15 is 0 Å². The standard InChI is InChI=1S/C19H19Cl2NO8/c1-6-3-8(20)16-11(12(6)24)13(25)7-4-10(21)22(18(7)30-16)19-15(27)14(26)17(28-2)9(5-23)29-19/h3-4,9,14-15,17,19,23-24,26-27H,5H2,1-2H3/t9-,14-,15-,17-,19+/m1/s1. The van der Waals surface area contributed by atoms with Crippen molar-refractivity contribution in [1.82, 2.24) is 4.57 Å². The molecule has 3 heterocycles. The van der Waals surface area contributed by atoms with Crippen molar-refractivity contribution in [1.29, 1.82) is 0 Å². The Bertz CT molecular complexity index is 1190. The lowest BCUT2D eigenvalue weighted by Crippen LogP contribution is -2.57. The van der Waals surface area contributed by atoms with Crippen LogP contribution in [0.3, 0.4) is 0 Å². The lowest BCUT2D eigenvalue weighted by molar-refractivity contribution is -0.256. The summed E-state index contributed by atoms with van der Waals surface area (Å²) in [6.07, 6.45) is -6.19. The third kappa shape index (κ3) is 3.01. The van der Waals surface area contributed by atoms with E-state index in [2.05, 4.69) is 0 Å². The van der Waals surface area contributed by atoms with Crippen molar-refractivity contribution in [2.24, 2.45) is 0 Å². The highest BCUT2D eigenvalue weighted by molar-refractivity contribution is 6.35. The number of benzene rings is 1. The van der Waals surface area contributed by atoms with Crippen LogP contribution in [0.1, 0.15) is 11.8 Å². The molecule has 30 heavy (non-hydrogen) atoms. The van der Waals surface area contributed by atoms with Crippen LogP contribution in [-0.4, -0.2) is 63.1 Å². The molecule has 162 valence electrons. The molecular formula is C19H19Cl2NO8. The molecule has 1 aromatic carbocycles. The van der Waals surface area contributed by atoms with E-state index in [9.17, 15) is 25.2 Å². The van der Waals surface area contributed by atoms with Gasteiger partial charge >= 0.3 is 0 Å². The van der Waals surface area contributed by atoms with E-state index in [1.807, 2.05) is 0 Å². The van der Waals surface area contributed by atoms with Crippen LogP contribution >= 0.6 is 23.2 Å². The normalized spacial score (nSPS) is 27.2. The van der Waals surface area contributed by atoms with E-state index in [0.717, 1.165) is 0 Å². The Morgan fingerprint density at radius 2 is 1.93 bits per heavy atom. The van der Waals surface area contributed by atoms with Gasteiger partial charge in [0.15, 0.2) is 11.8 Å². The third-order valence-corrected chi connectivity index (χ3v) is 5.95. The number of phenols is 1. The summed E-state index contributed by atoms with van der Waals surface area (Å²) in [5.41, 5.74) is -0.316. The molecule has 1 fully saturated rings. The molecule has 4 N–H and O–H groups in total. The topological polar surface area (TPSA) is 135 Å². The van der Waals surface area contributed by atoms with Crippen LogP contribution in [0.4, 0.5) is 0 Å². The summed E-state index contributed by atoms with van der Waals surface area (Å²) in [6, 6.07) is 2.75. The van der Waals surface area contributed by atoms with Gasteiger partial charge in [0.25, 0.3) is 0 Å². The number of nitrogens with zero attached hydrogens (tertiary/aromatic N) is 1. The molecule has 5 atom stereocenters. The number of hydrogen-bond acceptors (Lipinski definition) is 8. The molecule has 0 unspecified atom stereocenters. The smallest absolute Gasteiger partial charge is 0.214 e. The average molecular weight is 460 g/mol. The maximum atomic E-state index is 13.1. The molecule has 1 aliphatic heterocycles. The lowest BCUT2D eigenvalue weighted by atomic mass is 9.98.